The predicted octanol–water partition coefficient (Wildman–Crippen LogP) is 2.81. The molecular formula is C9H16F3NO. The zero-order valence-corrected chi connectivity index (χ0v) is 8.45. The van der Waals surface area contributed by atoms with E-state index in [0.717, 1.165) is 19.8 Å². The van der Waals surface area contributed by atoms with Gasteiger partial charge in [-0.3, -0.25) is 0 Å². The molecule has 84 valence electrons. The van der Waals surface area contributed by atoms with Crippen LogP contribution in [0.15, 0.2) is 12.5 Å². The molecule has 0 radical (unpaired) electrons. The first-order valence-electron chi connectivity index (χ1n) is 4.53. The lowest BCUT2D eigenvalue weighted by atomic mass is 10.3. The largest absolute Gasteiger partial charge is 0.480 e. The summed E-state index contributed by atoms with van der Waals surface area (Å²) in [6, 6.07) is -1.63. The van der Waals surface area contributed by atoms with Crippen molar-refractivity contribution in [2.24, 2.45) is 0 Å². The summed E-state index contributed by atoms with van der Waals surface area (Å²) in [4.78, 5) is 0. The van der Waals surface area contributed by atoms with Gasteiger partial charge in [-0.25, -0.2) is 0 Å². The molecule has 14 heavy (non-hydrogen) atoms. The van der Waals surface area contributed by atoms with Crippen molar-refractivity contribution >= 4 is 0 Å². The molecular weight excluding hydrogens is 195 g/mol. The van der Waals surface area contributed by atoms with Crippen LogP contribution in [0.25, 0.3) is 0 Å². The SMILES string of the molecule is C=C(NC(C)C(F)(F)F)OCCCC. The Balaban J connectivity index is 3.72. The van der Waals surface area contributed by atoms with Crippen molar-refractivity contribution in [3.8, 4) is 0 Å². The van der Waals surface area contributed by atoms with Crippen LogP contribution >= 0.6 is 0 Å². The first-order valence-corrected chi connectivity index (χ1v) is 4.53. The van der Waals surface area contributed by atoms with E-state index < -0.39 is 12.2 Å². The molecule has 0 aromatic heterocycles. The number of ether oxygens (including phenoxy) is 1. The number of hydrogen-bond acceptors (Lipinski definition) is 2. The summed E-state index contributed by atoms with van der Waals surface area (Å²) < 4.78 is 41.1. The third-order valence-electron chi connectivity index (χ3n) is 1.64. The molecule has 0 saturated carbocycles. The lowest BCUT2D eigenvalue weighted by molar-refractivity contribution is -0.151. The molecule has 1 unspecified atom stereocenters. The van der Waals surface area contributed by atoms with Crippen molar-refractivity contribution in [2.45, 2.75) is 38.9 Å². The van der Waals surface area contributed by atoms with E-state index in [1.807, 2.05) is 6.92 Å². The highest BCUT2D eigenvalue weighted by molar-refractivity contribution is 4.85. The summed E-state index contributed by atoms with van der Waals surface area (Å²) >= 11 is 0. The molecule has 0 amide bonds. The molecule has 0 rings (SSSR count). The zero-order chi connectivity index (χ0) is 11.2. The van der Waals surface area contributed by atoms with Gasteiger partial charge in [-0.2, -0.15) is 13.2 Å². The molecule has 0 bridgehead atoms. The van der Waals surface area contributed by atoms with Gasteiger partial charge in [-0.1, -0.05) is 13.3 Å². The fourth-order valence-electron chi connectivity index (χ4n) is 0.705. The lowest BCUT2D eigenvalue weighted by Gasteiger charge is -2.19. The number of alkyl halides is 3. The highest BCUT2D eigenvalue weighted by atomic mass is 19.4. The van der Waals surface area contributed by atoms with Gasteiger partial charge in [0.05, 0.1) is 6.61 Å². The Bertz CT molecular complexity index is 179. The molecule has 0 aromatic carbocycles. The van der Waals surface area contributed by atoms with Crippen LogP contribution in [0.5, 0.6) is 0 Å². The molecule has 0 saturated heterocycles. The van der Waals surface area contributed by atoms with E-state index in [9.17, 15) is 13.2 Å². The van der Waals surface area contributed by atoms with Crippen molar-refractivity contribution in [1.29, 1.82) is 0 Å². The van der Waals surface area contributed by atoms with Crippen LogP contribution in [0.4, 0.5) is 13.2 Å². The molecule has 0 fully saturated rings. The van der Waals surface area contributed by atoms with Crippen LogP contribution in [0.3, 0.4) is 0 Å². The average molecular weight is 211 g/mol. The fraction of sp³-hybridized carbons (Fsp3) is 0.778. The monoisotopic (exact) mass is 211 g/mol. The van der Waals surface area contributed by atoms with Crippen molar-refractivity contribution in [2.75, 3.05) is 6.61 Å². The maximum absolute atomic E-state index is 12.0. The Hall–Kier alpha value is -0.870. The van der Waals surface area contributed by atoms with Gasteiger partial charge in [0.25, 0.3) is 0 Å². The van der Waals surface area contributed by atoms with Crippen LogP contribution in [-0.4, -0.2) is 18.8 Å². The summed E-state index contributed by atoms with van der Waals surface area (Å²) in [7, 11) is 0. The minimum atomic E-state index is -4.27. The fourth-order valence-corrected chi connectivity index (χ4v) is 0.705. The second-order valence-electron chi connectivity index (χ2n) is 3.03. The number of hydrogen-bond donors (Lipinski definition) is 1. The summed E-state index contributed by atoms with van der Waals surface area (Å²) in [5, 5.41) is 2.14. The van der Waals surface area contributed by atoms with E-state index in [4.69, 9.17) is 4.74 Å². The molecule has 2 nitrogen and oxygen atoms in total. The van der Waals surface area contributed by atoms with Gasteiger partial charge in [0.15, 0.2) is 5.88 Å². The molecule has 1 N–H and O–H groups in total. The maximum atomic E-state index is 12.0. The highest BCUT2D eigenvalue weighted by Crippen LogP contribution is 2.20. The van der Waals surface area contributed by atoms with Crippen LogP contribution in [0.1, 0.15) is 26.7 Å². The first kappa shape index (κ1) is 13.1. The zero-order valence-electron chi connectivity index (χ0n) is 8.45. The smallest absolute Gasteiger partial charge is 0.408 e. The highest BCUT2D eigenvalue weighted by Gasteiger charge is 2.36. The van der Waals surface area contributed by atoms with Crippen LogP contribution in [-0.2, 0) is 4.74 Å². The van der Waals surface area contributed by atoms with Gasteiger partial charge in [-0.15, -0.1) is 0 Å². The quantitative estimate of drug-likeness (QED) is 0.538. The van der Waals surface area contributed by atoms with Gasteiger partial charge >= 0.3 is 6.18 Å². The number of nitrogens with one attached hydrogen (secondary N) is 1. The third-order valence-corrected chi connectivity index (χ3v) is 1.64. The number of halogens is 3. The van der Waals surface area contributed by atoms with E-state index in [1.54, 1.807) is 0 Å². The van der Waals surface area contributed by atoms with Gasteiger partial charge < -0.3 is 10.1 Å². The van der Waals surface area contributed by atoms with Crippen LogP contribution < -0.4 is 5.32 Å². The standard InChI is InChI=1S/C9H16F3NO/c1-4-5-6-14-8(3)13-7(2)9(10,11)12/h7,13H,3-6H2,1-2H3. The van der Waals surface area contributed by atoms with Crippen LogP contribution in [0, 0.1) is 0 Å². The van der Waals surface area contributed by atoms with Crippen molar-refractivity contribution < 1.29 is 17.9 Å². The van der Waals surface area contributed by atoms with Crippen molar-refractivity contribution in [1.82, 2.24) is 5.32 Å². The Morgan fingerprint density at radius 1 is 1.50 bits per heavy atom. The normalized spacial score (nSPS) is 13.5. The van der Waals surface area contributed by atoms with Crippen molar-refractivity contribution in [3.63, 3.8) is 0 Å². The molecule has 0 spiro atoms. The predicted molar refractivity (Wildman–Crippen MR) is 48.7 cm³/mol. The summed E-state index contributed by atoms with van der Waals surface area (Å²) in [6.07, 6.45) is -2.53. The van der Waals surface area contributed by atoms with E-state index in [0.29, 0.717) is 6.61 Å². The van der Waals surface area contributed by atoms with E-state index in [2.05, 4.69) is 11.9 Å². The van der Waals surface area contributed by atoms with Gasteiger partial charge in [-0.05, 0) is 19.9 Å². The van der Waals surface area contributed by atoms with Crippen molar-refractivity contribution in [3.05, 3.63) is 12.5 Å². The Kier molecular flexibility index (Phi) is 5.42. The number of unbranched alkanes of at least 4 members (excludes halogenated alkanes) is 1. The third kappa shape index (κ3) is 5.72. The number of rotatable bonds is 6. The molecule has 0 aromatic rings. The molecule has 1 atom stereocenters. The summed E-state index contributed by atoms with van der Waals surface area (Å²) in [5.41, 5.74) is 0. The Morgan fingerprint density at radius 3 is 2.50 bits per heavy atom. The van der Waals surface area contributed by atoms with E-state index >= 15 is 0 Å². The second-order valence-corrected chi connectivity index (χ2v) is 3.03. The van der Waals surface area contributed by atoms with E-state index in [1.165, 1.54) is 0 Å². The molecule has 0 aliphatic rings. The molecule has 5 heteroatoms. The Labute approximate surface area is 82.1 Å². The molecule has 0 aliphatic carbocycles. The minimum Gasteiger partial charge on any atom is -0.480 e. The van der Waals surface area contributed by atoms with Gasteiger partial charge in [0.2, 0.25) is 0 Å². The molecule has 0 heterocycles. The Morgan fingerprint density at radius 2 is 2.07 bits per heavy atom. The minimum absolute atomic E-state index is 0.0247. The van der Waals surface area contributed by atoms with Gasteiger partial charge in [0.1, 0.15) is 6.04 Å². The first-order chi connectivity index (χ1) is 6.38. The summed E-state index contributed by atoms with van der Waals surface area (Å²) in [6.45, 7) is 6.73. The second kappa shape index (κ2) is 5.78. The maximum Gasteiger partial charge on any atom is 0.408 e. The average Bonchev–Trinajstić information content (AvgIpc) is 2.03. The lowest BCUT2D eigenvalue weighted by Crippen LogP contribution is -2.39. The van der Waals surface area contributed by atoms with E-state index in [-0.39, 0.29) is 5.88 Å². The van der Waals surface area contributed by atoms with Crippen LogP contribution in [0.2, 0.25) is 0 Å². The molecule has 0 aliphatic heterocycles. The summed E-state index contributed by atoms with van der Waals surface area (Å²) in [5.74, 6) is -0.0247. The topological polar surface area (TPSA) is 21.3 Å². The van der Waals surface area contributed by atoms with Gasteiger partial charge in [0, 0.05) is 0 Å².